The van der Waals surface area contributed by atoms with Crippen LogP contribution in [0.15, 0.2) is 30.5 Å². The predicted octanol–water partition coefficient (Wildman–Crippen LogP) is 4.40. The minimum atomic E-state index is -5.08. The zero-order chi connectivity index (χ0) is 25.3. The Morgan fingerprint density at radius 2 is 1.79 bits per heavy atom. The normalized spacial score (nSPS) is 15.4. The molecule has 1 aromatic carbocycles. The number of piperidine rings is 1. The van der Waals surface area contributed by atoms with Crippen molar-refractivity contribution < 1.29 is 27.9 Å². The van der Waals surface area contributed by atoms with E-state index >= 15 is 0 Å². The van der Waals surface area contributed by atoms with Crippen molar-refractivity contribution in [3.63, 3.8) is 0 Å². The molecular formula is C22H29ClF3N5O3. The molecule has 1 aliphatic rings. The Bertz CT molecular complexity index is 929. The molecule has 2 aromatic rings. The molecule has 8 nitrogen and oxygen atoms in total. The van der Waals surface area contributed by atoms with Crippen LogP contribution in [-0.2, 0) is 4.79 Å². The van der Waals surface area contributed by atoms with Crippen molar-refractivity contribution in [1.82, 2.24) is 25.6 Å². The lowest BCUT2D eigenvalue weighted by atomic mass is 9.97. The first kappa shape index (κ1) is 27.6. The second kappa shape index (κ2) is 12.7. The average Bonchev–Trinajstić information content (AvgIpc) is 3.28. The van der Waals surface area contributed by atoms with Crippen LogP contribution >= 0.6 is 11.6 Å². The van der Waals surface area contributed by atoms with E-state index in [2.05, 4.69) is 34.8 Å². The quantitative estimate of drug-likeness (QED) is 0.517. The maximum absolute atomic E-state index is 12.8. The fourth-order valence-corrected chi connectivity index (χ4v) is 3.51. The highest BCUT2D eigenvalue weighted by atomic mass is 35.5. The van der Waals surface area contributed by atoms with Crippen molar-refractivity contribution in [2.75, 3.05) is 13.1 Å². The second-order valence-corrected chi connectivity index (χ2v) is 8.85. The summed E-state index contributed by atoms with van der Waals surface area (Å²) in [7, 11) is 0. The maximum Gasteiger partial charge on any atom is 0.490 e. The largest absolute Gasteiger partial charge is 0.490 e. The number of hydrogen-bond donors (Lipinski definition) is 3. The topological polar surface area (TPSA) is 109 Å². The van der Waals surface area contributed by atoms with Crippen molar-refractivity contribution in [2.45, 2.75) is 57.8 Å². The standard InChI is InChI=1S/C20H28ClN5O.C2HF3O2/c1-14(2)3-8-18(15-4-6-16(21)7-5-15)23-20(27)19-13-26(25-24-19)17-9-11-22-12-10-17;3-2(4,5)1(6)7/h4-7,13-14,17-18,22H,3,8-12H2,1-2H3,(H,23,27);(H,6,7). The molecule has 0 saturated carbocycles. The minimum absolute atomic E-state index is 0.0683. The molecule has 12 heteroatoms. The smallest absolute Gasteiger partial charge is 0.475 e. The van der Waals surface area contributed by atoms with Crippen LogP contribution in [0.3, 0.4) is 0 Å². The lowest BCUT2D eigenvalue weighted by molar-refractivity contribution is -0.192. The monoisotopic (exact) mass is 503 g/mol. The molecule has 0 spiro atoms. The first-order valence-electron chi connectivity index (χ1n) is 11.0. The number of benzene rings is 1. The Labute approximate surface area is 200 Å². The molecule has 0 radical (unpaired) electrons. The summed E-state index contributed by atoms with van der Waals surface area (Å²) in [5, 5.41) is 22.6. The lowest BCUT2D eigenvalue weighted by Gasteiger charge is -2.22. The number of nitrogens with one attached hydrogen (secondary N) is 2. The first-order valence-corrected chi connectivity index (χ1v) is 11.3. The molecule has 3 N–H and O–H groups in total. The van der Waals surface area contributed by atoms with Crippen molar-refractivity contribution in [3.8, 4) is 0 Å². The fraction of sp³-hybridized carbons (Fsp3) is 0.545. The number of alkyl halides is 3. The highest BCUT2D eigenvalue weighted by Crippen LogP contribution is 2.23. The van der Waals surface area contributed by atoms with E-state index in [-0.39, 0.29) is 11.9 Å². The van der Waals surface area contributed by atoms with Crippen molar-refractivity contribution in [2.24, 2.45) is 5.92 Å². The number of hydrogen-bond acceptors (Lipinski definition) is 5. The van der Waals surface area contributed by atoms with E-state index in [0.29, 0.717) is 22.7 Å². The van der Waals surface area contributed by atoms with Crippen molar-refractivity contribution in [1.29, 1.82) is 0 Å². The third kappa shape index (κ3) is 8.94. The van der Waals surface area contributed by atoms with Gasteiger partial charge in [-0.25, -0.2) is 9.48 Å². The van der Waals surface area contributed by atoms with E-state index in [9.17, 15) is 18.0 Å². The minimum Gasteiger partial charge on any atom is -0.475 e. The van der Waals surface area contributed by atoms with Crippen LogP contribution in [-0.4, -0.2) is 51.2 Å². The van der Waals surface area contributed by atoms with Crippen LogP contribution < -0.4 is 10.6 Å². The highest BCUT2D eigenvalue weighted by Gasteiger charge is 2.38. The van der Waals surface area contributed by atoms with Gasteiger partial charge in [-0.05, 0) is 62.4 Å². The number of carbonyl (C=O) groups is 2. The van der Waals surface area contributed by atoms with Gasteiger partial charge in [0, 0.05) is 5.02 Å². The molecule has 1 aromatic heterocycles. The summed E-state index contributed by atoms with van der Waals surface area (Å²) >= 11 is 6.01. The predicted molar refractivity (Wildman–Crippen MR) is 121 cm³/mol. The van der Waals surface area contributed by atoms with Gasteiger partial charge < -0.3 is 15.7 Å². The number of halogens is 4. The van der Waals surface area contributed by atoms with E-state index in [4.69, 9.17) is 21.5 Å². The zero-order valence-corrected chi connectivity index (χ0v) is 19.7. The van der Waals surface area contributed by atoms with E-state index < -0.39 is 12.1 Å². The molecule has 3 rings (SSSR count). The van der Waals surface area contributed by atoms with Crippen molar-refractivity contribution >= 4 is 23.5 Å². The van der Waals surface area contributed by atoms with Crippen molar-refractivity contribution in [3.05, 3.63) is 46.7 Å². The molecule has 0 bridgehead atoms. The Morgan fingerprint density at radius 3 is 2.32 bits per heavy atom. The van der Waals surface area contributed by atoms with Gasteiger partial charge >= 0.3 is 12.1 Å². The summed E-state index contributed by atoms with van der Waals surface area (Å²) < 4.78 is 33.6. The van der Waals surface area contributed by atoms with E-state index in [1.807, 2.05) is 28.9 Å². The molecule has 188 valence electrons. The number of aromatic nitrogens is 3. The number of rotatable bonds is 7. The summed E-state index contributed by atoms with van der Waals surface area (Å²) in [5.41, 5.74) is 1.43. The van der Waals surface area contributed by atoms with E-state index in [1.165, 1.54) is 0 Å². The Balaban J connectivity index is 0.000000509. The van der Waals surface area contributed by atoms with Crippen LogP contribution in [0, 0.1) is 5.92 Å². The Morgan fingerprint density at radius 1 is 1.21 bits per heavy atom. The maximum atomic E-state index is 12.8. The third-order valence-corrected chi connectivity index (χ3v) is 5.53. The molecule has 1 atom stereocenters. The SMILES string of the molecule is CC(C)CCC(NC(=O)c1cn(C2CCNCC2)nn1)c1ccc(Cl)cc1.O=C(O)C(F)(F)F. The van der Waals surface area contributed by atoms with Crippen LogP contribution in [0.1, 0.15) is 67.7 Å². The molecule has 34 heavy (non-hydrogen) atoms. The van der Waals surface area contributed by atoms with Crippen LogP contribution in [0.2, 0.25) is 5.02 Å². The van der Waals surface area contributed by atoms with Gasteiger partial charge in [-0.2, -0.15) is 13.2 Å². The van der Waals surface area contributed by atoms with Gasteiger partial charge in [-0.3, -0.25) is 4.79 Å². The van der Waals surface area contributed by atoms with E-state index in [1.54, 1.807) is 6.20 Å². The van der Waals surface area contributed by atoms with Gasteiger partial charge in [0.25, 0.3) is 5.91 Å². The van der Waals surface area contributed by atoms with Gasteiger partial charge in [-0.1, -0.05) is 42.8 Å². The van der Waals surface area contributed by atoms with Crippen LogP contribution in [0.25, 0.3) is 0 Å². The molecule has 1 fully saturated rings. The first-order chi connectivity index (χ1) is 16.0. The molecule has 1 unspecified atom stereocenters. The van der Waals surface area contributed by atoms with E-state index in [0.717, 1.165) is 44.3 Å². The molecule has 1 saturated heterocycles. The second-order valence-electron chi connectivity index (χ2n) is 8.42. The average molecular weight is 504 g/mol. The third-order valence-electron chi connectivity index (χ3n) is 5.28. The number of carboxylic acid groups (broad SMARTS) is 1. The van der Waals surface area contributed by atoms with Gasteiger partial charge in [0.2, 0.25) is 0 Å². The van der Waals surface area contributed by atoms with Gasteiger partial charge in [-0.15, -0.1) is 5.10 Å². The van der Waals surface area contributed by atoms with Crippen LogP contribution in [0.5, 0.6) is 0 Å². The van der Waals surface area contributed by atoms with Crippen LogP contribution in [0.4, 0.5) is 13.2 Å². The highest BCUT2D eigenvalue weighted by molar-refractivity contribution is 6.30. The molecule has 0 aliphatic carbocycles. The summed E-state index contributed by atoms with van der Waals surface area (Å²) in [6.45, 7) is 6.32. The lowest BCUT2D eigenvalue weighted by Crippen LogP contribution is -2.30. The Kier molecular flexibility index (Phi) is 10.3. The number of carbonyl (C=O) groups excluding carboxylic acids is 1. The summed E-state index contributed by atoms with van der Waals surface area (Å²) in [6.07, 6.45) is 0.591. The number of aliphatic carboxylic acids is 1. The summed E-state index contributed by atoms with van der Waals surface area (Å²) in [4.78, 5) is 21.7. The Hall–Kier alpha value is -2.66. The fourth-order valence-electron chi connectivity index (χ4n) is 3.38. The van der Waals surface area contributed by atoms with Gasteiger partial charge in [0.05, 0.1) is 18.3 Å². The summed E-state index contributed by atoms with van der Waals surface area (Å²) in [6, 6.07) is 7.91. The molecule has 1 aliphatic heterocycles. The van der Waals surface area contributed by atoms with Gasteiger partial charge in [0.15, 0.2) is 5.69 Å². The molecule has 2 heterocycles. The number of nitrogens with zero attached hydrogens (tertiary/aromatic N) is 3. The summed E-state index contributed by atoms with van der Waals surface area (Å²) in [5.74, 6) is -2.37. The zero-order valence-electron chi connectivity index (χ0n) is 19.0. The molecular weight excluding hydrogens is 475 g/mol. The number of amides is 1. The molecule has 1 amide bonds. The van der Waals surface area contributed by atoms with Gasteiger partial charge in [0.1, 0.15) is 0 Å². The number of carboxylic acids is 1.